The van der Waals surface area contributed by atoms with Crippen LogP contribution in [0.1, 0.15) is 5.56 Å². The Hall–Kier alpha value is -0.860. The molecule has 1 unspecified atom stereocenters. The Morgan fingerprint density at radius 1 is 1.27 bits per heavy atom. The van der Waals surface area contributed by atoms with Gasteiger partial charge in [0.2, 0.25) is 0 Å². The van der Waals surface area contributed by atoms with Crippen LogP contribution >= 0.6 is 0 Å². The molecule has 0 radical (unpaired) electrons. The second-order valence-electron chi connectivity index (χ2n) is 2.74. The highest BCUT2D eigenvalue weighted by Gasteiger charge is 2.03. The Morgan fingerprint density at radius 2 is 1.91 bits per heavy atom. The van der Waals surface area contributed by atoms with E-state index in [1.165, 1.54) is 5.56 Å². The van der Waals surface area contributed by atoms with Crippen LogP contribution in [0.5, 0.6) is 0 Å². The van der Waals surface area contributed by atoms with Crippen LogP contribution in [0.4, 0.5) is 0 Å². The average molecular weight is 152 g/mol. The Balaban J connectivity index is 2.51. The first-order valence-corrected chi connectivity index (χ1v) is 3.81. The summed E-state index contributed by atoms with van der Waals surface area (Å²) in [5.41, 5.74) is 5.04. The zero-order chi connectivity index (χ0) is 8.10. The largest absolute Gasteiger partial charge is 0.390 e. The molecule has 0 bridgehead atoms. The lowest BCUT2D eigenvalue weighted by atomic mass is 10.1. The predicted molar refractivity (Wildman–Crippen MR) is 43.9 cm³/mol. The second-order valence-corrected chi connectivity index (χ2v) is 2.74. The monoisotopic (exact) mass is 152 g/mol. The van der Waals surface area contributed by atoms with E-state index in [4.69, 9.17) is 5.11 Å². The van der Waals surface area contributed by atoms with Crippen molar-refractivity contribution in [1.29, 1.82) is 0 Å². The SMILES string of the molecule is [NH3+]C(CO)Cc1ccccc1. The number of hydrogen-bond donors (Lipinski definition) is 2. The average Bonchev–Trinajstić information content (AvgIpc) is 2.06. The maximum Gasteiger partial charge on any atom is 0.112 e. The number of aliphatic hydroxyl groups excluding tert-OH is 1. The van der Waals surface area contributed by atoms with E-state index in [-0.39, 0.29) is 12.6 Å². The zero-order valence-electron chi connectivity index (χ0n) is 6.53. The Labute approximate surface area is 66.7 Å². The molecule has 0 amide bonds. The molecule has 0 aromatic heterocycles. The van der Waals surface area contributed by atoms with Gasteiger partial charge in [0.05, 0.1) is 6.61 Å². The van der Waals surface area contributed by atoms with Gasteiger partial charge in [0, 0.05) is 6.42 Å². The van der Waals surface area contributed by atoms with E-state index in [2.05, 4.69) is 5.73 Å². The Morgan fingerprint density at radius 3 is 2.45 bits per heavy atom. The second kappa shape index (κ2) is 4.11. The minimum Gasteiger partial charge on any atom is -0.390 e. The first kappa shape index (κ1) is 8.24. The first-order chi connectivity index (χ1) is 5.33. The van der Waals surface area contributed by atoms with Gasteiger partial charge in [0.1, 0.15) is 6.04 Å². The van der Waals surface area contributed by atoms with Crippen LogP contribution in [0.2, 0.25) is 0 Å². The van der Waals surface area contributed by atoms with Crippen molar-refractivity contribution in [2.24, 2.45) is 0 Å². The molecule has 11 heavy (non-hydrogen) atoms. The van der Waals surface area contributed by atoms with E-state index < -0.39 is 0 Å². The molecule has 1 rings (SSSR count). The molecule has 4 N–H and O–H groups in total. The van der Waals surface area contributed by atoms with Gasteiger partial charge in [-0.05, 0) is 5.56 Å². The van der Waals surface area contributed by atoms with E-state index in [0.29, 0.717) is 0 Å². The summed E-state index contributed by atoms with van der Waals surface area (Å²) in [6, 6.07) is 10.2. The van der Waals surface area contributed by atoms with Crippen molar-refractivity contribution in [3.05, 3.63) is 35.9 Å². The molecule has 60 valence electrons. The third-order valence-electron chi connectivity index (χ3n) is 1.63. The molecule has 1 atom stereocenters. The lowest BCUT2D eigenvalue weighted by Crippen LogP contribution is -2.63. The van der Waals surface area contributed by atoms with Gasteiger partial charge in [-0.2, -0.15) is 0 Å². The van der Waals surface area contributed by atoms with Gasteiger partial charge in [-0.25, -0.2) is 0 Å². The summed E-state index contributed by atoms with van der Waals surface area (Å²) < 4.78 is 0. The van der Waals surface area contributed by atoms with Crippen molar-refractivity contribution < 1.29 is 10.8 Å². The van der Waals surface area contributed by atoms with Crippen molar-refractivity contribution in [3.63, 3.8) is 0 Å². The fraction of sp³-hybridized carbons (Fsp3) is 0.333. The van der Waals surface area contributed by atoms with E-state index in [1.54, 1.807) is 0 Å². The highest BCUT2D eigenvalue weighted by molar-refractivity contribution is 5.15. The van der Waals surface area contributed by atoms with E-state index in [1.807, 2.05) is 30.3 Å². The van der Waals surface area contributed by atoms with Crippen LogP contribution in [0.15, 0.2) is 30.3 Å². The van der Waals surface area contributed by atoms with Crippen molar-refractivity contribution in [2.45, 2.75) is 12.5 Å². The highest BCUT2D eigenvalue weighted by Crippen LogP contribution is 1.99. The van der Waals surface area contributed by atoms with E-state index in [0.717, 1.165) is 6.42 Å². The summed E-state index contributed by atoms with van der Waals surface area (Å²) in [5, 5.41) is 8.73. The van der Waals surface area contributed by atoms with Crippen LogP contribution in [0.25, 0.3) is 0 Å². The molecule has 0 spiro atoms. The van der Waals surface area contributed by atoms with Gasteiger partial charge in [0.15, 0.2) is 0 Å². The van der Waals surface area contributed by atoms with Crippen molar-refractivity contribution in [3.8, 4) is 0 Å². The number of quaternary nitrogens is 1. The van der Waals surface area contributed by atoms with Crippen molar-refractivity contribution in [1.82, 2.24) is 0 Å². The molecule has 0 saturated carbocycles. The molecular formula is C9H14NO+. The molecular weight excluding hydrogens is 138 g/mol. The fourth-order valence-electron chi connectivity index (χ4n) is 1.01. The van der Waals surface area contributed by atoms with Gasteiger partial charge < -0.3 is 10.8 Å². The zero-order valence-corrected chi connectivity index (χ0v) is 6.53. The smallest absolute Gasteiger partial charge is 0.112 e. The van der Waals surface area contributed by atoms with Gasteiger partial charge in [-0.3, -0.25) is 0 Å². The van der Waals surface area contributed by atoms with Crippen LogP contribution in [0, 0.1) is 0 Å². The summed E-state index contributed by atoms with van der Waals surface area (Å²) in [5.74, 6) is 0. The lowest BCUT2D eigenvalue weighted by Gasteiger charge is -2.03. The molecule has 0 aliphatic rings. The van der Waals surface area contributed by atoms with E-state index >= 15 is 0 Å². The maximum atomic E-state index is 8.73. The van der Waals surface area contributed by atoms with Gasteiger partial charge in [-0.1, -0.05) is 30.3 Å². The minimum atomic E-state index is 0.123. The molecule has 2 nitrogen and oxygen atoms in total. The minimum absolute atomic E-state index is 0.123. The summed E-state index contributed by atoms with van der Waals surface area (Å²) in [7, 11) is 0. The number of benzene rings is 1. The molecule has 2 heteroatoms. The number of rotatable bonds is 3. The van der Waals surface area contributed by atoms with Crippen LogP contribution in [0.3, 0.4) is 0 Å². The summed E-state index contributed by atoms with van der Waals surface area (Å²) in [4.78, 5) is 0. The summed E-state index contributed by atoms with van der Waals surface area (Å²) >= 11 is 0. The Kier molecular flexibility index (Phi) is 3.08. The molecule has 0 fully saturated rings. The van der Waals surface area contributed by atoms with Gasteiger partial charge >= 0.3 is 0 Å². The quantitative estimate of drug-likeness (QED) is 0.620. The molecule has 0 aliphatic carbocycles. The highest BCUT2D eigenvalue weighted by atomic mass is 16.3. The first-order valence-electron chi connectivity index (χ1n) is 3.81. The fourth-order valence-corrected chi connectivity index (χ4v) is 1.01. The third kappa shape index (κ3) is 2.70. The molecule has 0 saturated heterocycles. The van der Waals surface area contributed by atoms with Crippen LogP contribution < -0.4 is 5.73 Å². The molecule has 1 aromatic carbocycles. The number of aliphatic hydroxyl groups is 1. The number of hydrogen-bond acceptors (Lipinski definition) is 1. The normalized spacial score (nSPS) is 12.9. The lowest BCUT2D eigenvalue weighted by molar-refractivity contribution is -0.424. The topological polar surface area (TPSA) is 47.9 Å². The molecule has 0 aliphatic heterocycles. The molecule has 1 aromatic rings. The van der Waals surface area contributed by atoms with Gasteiger partial charge in [0.25, 0.3) is 0 Å². The third-order valence-corrected chi connectivity index (χ3v) is 1.63. The Bertz CT molecular complexity index is 198. The van der Waals surface area contributed by atoms with Gasteiger partial charge in [-0.15, -0.1) is 0 Å². The van der Waals surface area contributed by atoms with Crippen LogP contribution in [-0.2, 0) is 6.42 Å². The summed E-state index contributed by atoms with van der Waals surface area (Å²) in [6.45, 7) is 0.162. The predicted octanol–water partition coefficient (Wildman–Crippen LogP) is -0.168. The van der Waals surface area contributed by atoms with Crippen LogP contribution in [-0.4, -0.2) is 17.8 Å². The summed E-state index contributed by atoms with van der Waals surface area (Å²) in [6.07, 6.45) is 0.858. The molecule has 0 heterocycles. The maximum absolute atomic E-state index is 8.73. The van der Waals surface area contributed by atoms with Crippen molar-refractivity contribution >= 4 is 0 Å². The van der Waals surface area contributed by atoms with E-state index in [9.17, 15) is 0 Å². The van der Waals surface area contributed by atoms with Crippen molar-refractivity contribution in [2.75, 3.05) is 6.61 Å². The standard InChI is InChI=1S/C9H13NO/c10-9(7-11)6-8-4-2-1-3-5-8/h1-5,9,11H,6-7,10H2/p+1.